The summed E-state index contributed by atoms with van der Waals surface area (Å²) in [6.45, 7) is 6.89. The summed E-state index contributed by atoms with van der Waals surface area (Å²) in [6.07, 6.45) is 4.65. The van der Waals surface area contributed by atoms with Crippen LogP contribution in [-0.2, 0) is 0 Å². The third kappa shape index (κ3) is 1.69. The first-order valence-corrected chi connectivity index (χ1v) is 9.44. The molecule has 0 spiro atoms. The number of aromatic nitrogens is 1. The lowest BCUT2D eigenvalue weighted by atomic mass is 10.2. The fourth-order valence-corrected chi connectivity index (χ4v) is 2.93. The molecule has 0 unspecified atom stereocenters. The maximum Gasteiger partial charge on any atom is 0.152 e. The summed E-state index contributed by atoms with van der Waals surface area (Å²) in [5, 5.41) is 1.16. The predicted molar refractivity (Wildman–Crippen MR) is 69.0 cm³/mol. The van der Waals surface area contributed by atoms with Crippen molar-refractivity contribution in [2.24, 2.45) is 0 Å². The second kappa shape index (κ2) is 3.20. The van der Waals surface area contributed by atoms with E-state index in [0.717, 1.165) is 22.4 Å². The van der Waals surface area contributed by atoms with Gasteiger partial charge in [-0.25, -0.2) is 0 Å². The third-order valence-corrected chi connectivity index (χ3v) is 4.90. The molecule has 16 heavy (non-hydrogen) atoms. The largest absolute Gasteiger partial charge is 0.465 e. The van der Waals surface area contributed by atoms with Crippen LogP contribution in [0.15, 0.2) is 22.7 Å². The zero-order valence-electron chi connectivity index (χ0n) is 10.1. The van der Waals surface area contributed by atoms with Crippen LogP contribution >= 0.6 is 0 Å². The lowest BCUT2D eigenvalue weighted by molar-refractivity contribution is 0.647. The Bertz CT molecular complexity index is 534. The van der Waals surface area contributed by atoms with Crippen molar-refractivity contribution < 1.29 is 4.42 Å². The highest BCUT2D eigenvalue weighted by atomic mass is 28.3. The fraction of sp³-hybridized carbons (Fsp3) is 0.462. The smallest absolute Gasteiger partial charge is 0.152 e. The first kappa shape index (κ1) is 10.1. The Morgan fingerprint density at radius 1 is 1.25 bits per heavy atom. The van der Waals surface area contributed by atoms with Gasteiger partial charge in [-0.1, -0.05) is 19.6 Å². The Hall–Kier alpha value is -1.09. The van der Waals surface area contributed by atoms with E-state index in [0.29, 0.717) is 0 Å². The van der Waals surface area contributed by atoms with Crippen LogP contribution in [0, 0.1) is 0 Å². The molecule has 2 aromatic rings. The van der Waals surface area contributed by atoms with E-state index in [-0.39, 0.29) is 0 Å². The Morgan fingerprint density at radius 3 is 2.62 bits per heavy atom. The SMILES string of the molecule is C[Si](C)(C)c1cc2ncc(C3CC3)cc2o1. The molecule has 3 rings (SSSR count). The van der Waals surface area contributed by atoms with Gasteiger partial charge in [-0.2, -0.15) is 0 Å². The van der Waals surface area contributed by atoms with Gasteiger partial charge in [0.15, 0.2) is 5.58 Å². The van der Waals surface area contributed by atoms with Crippen LogP contribution in [0.2, 0.25) is 19.6 Å². The van der Waals surface area contributed by atoms with E-state index < -0.39 is 8.07 Å². The van der Waals surface area contributed by atoms with Crippen molar-refractivity contribution in [2.45, 2.75) is 38.4 Å². The van der Waals surface area contributed by atoms with Gasteiger partial charge in [-0.05, 0) is 30.4 Å². The van der Waals surface area contributed by atoms with Gasteiger partial charge in [0.2, 0.25) is 0 Å². The minimum Gasteiger partial charge on any atom is -0.465 e. The van der Waals surface area contributed by atoms with E-state index in [4.69, 9.17) is 4.42 Å². The Kier molecular flexibility index (Phi) is 2.02. The average molecular weight is 231 g/mol. The Balaban J connectivity index is 2.10. The van der Waals surface area contributed by atoms with Crippen LogP contribution in [0.1, 0.15) is 24.3 Å². The Morgan fingerprint density at radius 2 is 2.00 bits per heavy atom. The molecule has 1 saturated carbocycles. The van der Waals surface area contributed by atoms with Crippen molar-refractivity contribution in [3.05, 3.63) is 23.9 Å². The summed E-state index contributed by atoms with van der Waals surface area (Å²) in [5.74, 6) is 0.748. The van der Waals surface area contributed by atoms with E-state index >= 15 is 0 Å². The van der Waals surface area contributed by atoms with Gasteiger partial charge in [-0.3, -0.25) is 4.98 Å². The molecule has 1 aliphatic rings. The third-order valence-electron chi connectivity index (χ3n) is 3.18. The molecule has 0 amide bonds. The van der Waals surface area contributed by atoms with Gasteiger partial charge in [0, 0.05) is 12.3 Å². The van der Waals surface area contributed by atoms with Gasteiger partial charge in [0.1, 0.15) is 13.6 Å². The monoisotopic (exact) mass is 231 g/mol. The zero-order valence-corrected chi connectivity index (χ0v) is 11.1. The molecular formula is C13H17NOSi. The molecular weight excluding hydrogens is 214 g/mol. The quantitative estimate of drug-likeness (QED) is 0.742. The summed E-state index contributed by atoms with van der Waals surface area (Å²) >= 11 is 0. The van der Waals surface area contributed by atoms with Crippen molar-refractivity contribution in [1.82, 2.24) is 4.98 Å². The van der Waals surface area contributed by atoms with E-state index in [2.05, 4.69) is 36.8 Å². The van der Waals surface area contributed by atoms with Gasteiger partial charge >= 0.3 is 0 Å². The van der Waals surface area contributed by atoms with Crippen LogP contribution < -0.4 is 5.38 Å². The normalized spacial score (nSPS) is 16.9. The molecule has 0 aliphatic heterocycles. The average Bonchev–Trinajstić information content (AvgIpc) is 2.95. The maximum atomic E-state index is 5.95. The van der Waals surface area contributed by atoms with E-state index in [1.165, 1.54) is 18.4 Å². The number of rotatable bonds is 2. The van der Waals surface area contributed by atoms with Crippen LogP contribution in [-0.4, -0.2) is 13.1 Å². The molecule has 0 aromatic carbocycles. The first-order chi connectivity index (χ1) is 7.54. The van der Waals surface area contributed by atoms with Gasteiger partial charge in [0.25, 0.3) is 0 Å². The summed E-state index contributed by atoms with van der Waals surface area (Å²) in [6, 6.07) is 4.31. The number of nitrogens with zero attached hydrogens (tertiary/aromatic N) is 1. The standard InChI is InChI=1S/C13H17NOSi/c1-16(2,3)13-7-11-12(15-13)6-10(8-14-11)9-4-5-9/h6-9H,4-5H2,1-3H3. The van der Waals surface area contributed by atoms with Crippen LogP contribution in [0.5, 0.6) is 0 Å². The molecule has 0 atom stereocenters. The highest BCUT2D eigenvalue weighted by molar-refractivity contribution is 6.87. The molecule has 2 nitrogen and oxygen atoms in total. The summed E-state index contributed by atoms with van der Waals surface area (Å²) in [5.41, 5.74) is 3.34. The molecule has 0 radical (unpaired) electrons. The Labute approximate surface area is 96.7 Å². The molecule has 3 heteroatoms. The van der Waals surface area contributed by atoms with Crippen LogP contribution in [0.25, 0.3) is 11.1 Å². The molecule has 1 fully saturated rings. The van der Waals surface area contributed by atoms with Crippen molar-refractivity contribution in [2.75, 3.05) is 0 Å². The second-order valence-electron chi connectivity index (χ2n) is 5.79. The number of hydrogen-bond acceptors (Lipinski definition) is 2. The fourth-order valence-electron chi connectivity index (χ4n) is 1.94. The molecule has 0 N–H and O–H groups in total. The van der Waals surface area contributed by atoms with Gasteiger partial charge < -0.3 is 4.42 Å². The number of pyridine rings is 1. The maximum absolute atomic E-state index is 5.95. The van der Waals surface area contributed by atoms with Gasteiger partial charge in [-0.15, -0.1) is 0 Å². The molecule has 2 heterocycles. The molecule has 0 bridgehead atoms. The lowest BCUT2D eigenvalue weighted by Gasteiger charge is -2.10. The number of hydrogen-bond donors (Lipinski definition) is 0. The molecule has 2 aromatic heterocycles. The summed E-state index contributed by atoms with van der Waals surface area (Å²) in [7, 11) is -1.35. The van der Waals surface area contributed by atoms with Crippen molar-refractivity contribution >= 4 is 24.6 Å². The van der Waals surface area contributed by atoms with Crippen molar-refractivity contribution in [3.63, 3.8) is 0 Å². The highest BCUT2D eigenvalue weighted by Gasteiger charge is 2.26. The number of furan rings is 1. The van der Waals surface area contributed by atoms with Crippen molar-refractivity contribution in [1.29, 1.82) is 0 Å². The first-order valence-electron chi connectivity index (χ1n) is 5.94. The van der Waals surface area contributed by atoms with Crippen LogP contribution in [0.3, 0.4) is 0 Å². The predicted octanol–water partition coefficient (Wildman–Crippen LogP) is 3.25. The van der Waals surface area contributed by atoms with E-state index in [9.17, 15) is 0 Å². The van der Waals surface area contributed by atoms with Crippen LogP contribution in [0.4, 0.5) is 0 Å². The molecule has 1 aliphatic carbocycles. The minimum atomic E-state index is -1.35. The second-order valence-corrected chi connectivity index (χ2v) is 10.8. The molecule has 84 valence electrons. The number of fused-ring (bicyclic) bond motifs is 1. The van der Waals surface area contributed by atoms with Gasteiger partial charge in [0.05, 0.1) is 5.38 Å². The topological polar surface area (TPSA) is 26.0 Å². The summed E-state index contributed by atoms with van der Waals surface area (Å²) < 4.78 is 5.95. The minimum absolute atomic E-state index is 0.748. The lowest BCUT2D eigenvalue weighted by Crippen LogP contribution is -2.36. The zero-order chi connectivity index (χ0) is 11.3. The van der Waals surface area contributed by atoms with E-state index in [1.54, 1.807) is 0 Å². The highest BCUT2D eigenvalue weighted by Crippen LogP contribution is 2.40. The summed E-state index contributed by atoms with van der Waals surface area (Å²) in [4.78, 5) is 4.51. The van der Waals surface area contributed by atoms with E-state index in [1.807, 2.05) is 6.20 Å². The molecule has 0 saturated heterocycles. The van der Waals surface area contributed by atoms with Crippen molar-refractivity contribution in [3.8, 4) is 0 Å².